The van der Waals surface area contributed by atoms with Crippen LogP contribution in [0.5, 0.6) is 0 Å². The quantitative estimate of drug-likeness (QED) is 0.400. The van der Waals surface area contributed by atoms with Crippen LogP contribution < -0.4 is 0 Å². The number of esters is 2. The Bertz CT molecular complexity index is 588. The summed E-state index contributed by atoms with van der Waals surface area (Å²) in [5.41, 5.74) is -0.324. The molecule has 1 rings (SSSR count). The summed E-state index contributed by atoms with van der Waals surface area (Å²) in [5, 5.41) is 0. The van der Waals surface area contributed by atoms with Crippen LogP contribution in [-0.2, 0) is 19.6 Å². The van der Waals surface area contributed by atoms with Crippen molar-refractivity contribution in [2.24, 2.45) is 0 Å². The second-order valence-electron chi connectivity index (χ2n) is 3.66. The minimum atomic E-state index is -4.56. The number of benzene rings is 1. The van der Waals surface area contributed by atoms with Crippen molar-refractivity contribution in [1.29, 1.82) is 0 Å². The topological polar surface area (TPSA) is 107 Å². The third kappa shape index (κ3) is 6.11. The second-order valence-corrected chi connectivity index (χ2v) is 5.08. The van der Waals surface area contributed by atoms with E-state index in [-0.39, 0.29) is 73.2 Å². The van der Waals surface area contributed by atoms with E-state index >= 15 is 0 Å². The summed E-state index contributed by atoms with van der Waals surface area (Å²) in [5.74, 6) is -1.60. The molecule has 114 valence electrons. The van der Waals surface area contributed by atoms with Gasteiger partial charge in [-0.2, -0.15) is 8.42 Å². The van der Waals surface area contributed by atoms with E-state index in [9.17, 15) is 18.0 Å². The van der Waals surface area contributed by atoms with E-state index in [0.717, 1.165) is 18.2 Å². The summed E-state index contributed by atoms with van der Waals surface area (Å²) in [6, 6.07) is 3.00. The van der Waals surface area contributed by atoms with Crippen LogP contribution in [0.1, 0.15) is 34.6 Å². The maximum absolute atomic E-state index is 11.6. The van der Waals surface area contributed by atoms with Crippen LogP contribution in [0, 0.1) is 0 Å². The SMILES string of the molecule is CCOC(=O)c1cc(C(=O)OCC)cc(S(=O)(=O)O)c1.[BaH2]. The fourth-order valence-electron chi connectivity index (χ4n) is 1.41. The van der Waals surface area contributed by atoms with E-state index < -0.39 is 27.0 Å². The Morgan fingerprint density at radius 2 is 1.38 bits per heavy atom. The predicted octanol–water partition coefficient (Wildman–Crippen LogP) is 0.370. The molecule has 0 unspecified atom stereocenters. The molecule has 0 fully saturated rings. The second kappa shape index (κ2) is 8.93. The molecule has 9 heteroatoms. The van der Waals surface area contributed by atoms with Crippen molar-refractivity contribution in [3.8, 4) is 0 Å². The van der Waals surface area contributed by atoms with Gasteiger partial charge in [-0.15, -0.1) is 0 Å². The Kier molecular flexibility index (Phi) is 8.78. The fraction of sp³-hybridized carbons (Fsp3) is 0.333. The summed E-state index contributed by atoms with van der Waals surface area (Å²) in [6.07, 6.45) is 0. The van der Waals surface area contributed by atoms with Crippen molar-refractivity contribution in [2.45, 2.75) is 18.7 Å². The molecule has 7 nitrogen and oxygen atoms in total. The zero-order valence-electron chi connectivity index (χ0n) is 11.0. The molecule has 0 radical (unpaired) electrons. The Balaban J connectivity index is 0.00000400. The van der Waals surface area contributed by atoms with Crippen molar-refractivity contribution in [3.05, 3.63) is 29.3 Å². The normalized spacial score (nSPS) is 10.4. The number of hydrogen-bond donors (Lipinski definition) is 1. The van der Waals surface area contributed by atoms with Crippen molar-refractivity contribution < 1.29 is 32.0 Å². The molecule has 0 spiro atoms. The molecule has 0 aliphatic heterocycles. The zero-order chi connectivity index (χ0) is 15.3. The standard InChI is InChI=1S/C12H14O7S.Ba.2H/c1-3-18-11(13)8-5-9(12(14)19-4-2)7-10(6-8)20(15,16)17;;;/h5-7H,3-4H2,1-2H3,(H,15,16,17);;;. The van der Waals surface area contributed by atoms with E-state index in [0.29, 0.717) is 0 Å². The van der Waals surface area contributed by atoms with Crippen molar-refractivity contribution in [1.82, 2.24) is 0 Å². The zero-order valence-corrected chi connectivity index (χ0v) is 11.8. The summed E-state index contributed by atoms with van der Waals surface area (Å²) < 4.78 is 40.8. The molecule has 21 heavy (non-hydrogen) atoms. The van der Waals surface area contributed by atoms with Gasteiger partial charge in [0.05, 0.1) is 29.2 Å². The number of carbonyl (C=O) groups is 2. The average Bonchev–Trinajstić information content (AvgIpc) is 2.37. The first-order valence-electron chi connectivity index (χ1n) is 5.76. The first-order chi connectivity index (χ1) is 9.29. The van der Waals surface area contributed by atoms with Gasteiger partial charge < -0.3 is 9.47 Å². The Morgan fingerprint density at radius 1 is 1.00 bits per heavy atom. The first-order valence-corrected chi connectivity index (χ1v) is 7.20. The Labute approximate surface area is 162 Å². The van der Waals surface area contributed by atoms with Crippen LogP contribution in [0.2, 0.25) is 0 Å². The summed E-state index contributed by atoms with van der Waals surface area (Å²) in [7, 11) is -4.56. The van der Waals surface area contributed by atoms with Gasteiger partial charge in [0.25, 0.3) is 10.1 Å². The molecule has 0 bridgehead atoms. The van der Waals surface area contributed by atoms with Crippen LogP contribution in [0.3, 0.4) is 0 Å². The number of ether oxygens (including phenoxy) is 2. The van der Waals surface area contributed by atoms with Gasteiger partial charge in [-0.05, 0) is 32.0 Å². The van der Waals surface area contributed by atoms with E-state index in [1.807, 2.05) is 0 Å². The molecule has 0 heterocycles. The average molecular weight is 442 g/mol. The van der Waals surface area contributed by atoms with Crippen molar-refractivity contribution in [3.63, 3.8) is 0 Å². The summed E-state index contributed by atoms with van der Waals surface area (Å²) in [4.78, 5) is 22.6. The van der Waals surface area contributed by atoms with Crippen LogP contribution in [0.4, 0.5) is 0 Å². The van der Waals surface area contributed by atoms with E-state index in [4.69, 9.17) is 14.0 Å². The molecule has 0 aliphatic rings. The molecule has 1 aromatic carbocycles. The molecular weight excluding hydrogens is 426 g/mol. The van der Waals surface area contributed by atoms with Gasteiger partial charge in [-0.3, -0.25) is 4.55 Å². The first kappa shape index (κ1) is 20.6. The molecule has 0 amide bonds. The van der Waals surface area contributed by atoms with Crippen LogP contribution >= 0.6 is 0 Å². The van der Waals surface area contributed by atoms with Gasteiger partial charge in [0.2, 0.25) is 0 Å². The third-order valence-corrected chi connectivity index (χ3v) is 3.06. The van der Waals surface area contributed by atoms with E-state index in [1.165, 1.54) is 0 Å². The predicted molar refractivity (Wildman–Crippen MR) is 76.7 cm³/mol. The monoisotopic (exact) mass is 442 g/mol. The number of carbonyl (C=O) groups excluding carboxylic acids is 2. The molecule has 0 atom stereocenters. The number of hydrogen-bond acceptors (Lipinski definition) is 6. The van der Waals surface area contributed by atoms with E-state index in [2.05, 4.69) is 0 Å². The molecule has 0 aromatic heterocycles. The van der Waals surface area contributed by atoms with Crippen LogP contribution in [0.25, 0.3) is 0 Å². The summed E-state index contributed by atoms with van der Waals surface area (Å²) >= 11 is 0. The van der Waals surface area contributed by atoms with Crippen molar-refractivity contribution >= 4 is 70.9 Å². The van der Waals surface area contributed by atoms with Gasteiger partial charge in [0.15, 0.2) is 0 Å². The van der Waals surface area contributed by atoms with Crippen LogP contribution in [0.15, 0.2) is 23.1 Å². The minimum absolute atomic E-state index is 0. The molecule has 0 saturated carbocycles. The van der Waals surface area contributed by atoms with Gasteiger partial charge in [0, 0.05) is 0 Å². The molecule has 0 saturated heterocycles. The van der Waals surface area contributed by atoms with E-state index in [1.54, 1.807) is 13.8 Å². The van der Waals surface area contributed by atoms with Crippen LogP contribution in [-0.4, -0.2) is 87.0 Å². The van der Waals surface area contributed by atoms with Gasteiger partial charge >= 0.3 is 60.8 Å². The molecule has 0 aliphatic carbocycles. The summed E-state index contributed by atoms with van der Waals surface area (Å²) in [6.45, 7) is 3.33. The number of rotatable bonds is 5. The Morgan fingerprint density at radius 3 is 1.67 bits per heavy atom. The van der Waals surface area contributed by atoms with Gasteiger partial charge in [0.1, 0.15) is 0 Å². The van der Waals surface area contributed by atoms with Crippen molar-refractivity contribution in [2.75, 3.05) is 13.2 Å². The fourth-order valence-corrected chi connectivity index (χ4v) is 1.96. The maximum atomic E-state index is 11.6. The molecule has 1 N–H and O–H groups in total. The van der Waals surface area contributed by atoms with Gasteiger partial charge in [-0.25, -0.2) is 9.59 Å². The molecule has 1 aromatic rings. The third-order valence-electron chi connectivity index (χ3n) is 2.23. The van der Waals surface area contributed by atoms with Gasteiger partial charge in [-0.1, -0.05) is 0 Å². The Hall–Kier alpha value is -0.359. The molecular formula is C12H16BaO7S.